The van der Waals surface area contributed by atoms with Gasteiger partial charge in [-0.1, -0.05) is 200 Å². The van der Waals surface area contributed by atoms with Gasteiger partial charge in [0.1, 0.15) is 13.2 Å². The summed E-state index contributed by atoms with van der Waals surface area (Å²) in [5, 5.41) is 11.8. The Morgan fingerprint density at radius 2 is 0.817 bits per heavy atom. The number of hydrogen-bond acceptors (Lipinski definition) is 8. The van der Waals surface area contributed by atoms with Crippen molar-refractivity contribution in [2.45, 2.75) is 206 Å². The van der Waals surface area contributed by atoms with Crippen molar-refractivity contribution in [1.29, 1.82) is 0 Å². The Balaban J connectivity index is 4.44. The number of carboxylic acids is 1. The molecule has 0 bridgehead atoms. The van der Waals surface area contributed by atoms with Crippen molar-refractivity contribution in [1.82, 2.24) is 0 Å². The van der Waals surface area contributed by atoms with Crippen LogP contribution < -0.4 is 5.11 Å². The van der Waals surface area contributed by atoms with Gasteiger partial charge in [0.2, 0.25) is 0 Å². The van der Waals surface area contributed by atoms with Crippen LogP contribution in [0.3, 0.4) is 0 Å². The number of nitrogens with zero attached hydrogens (tertiary/aromatic N) is 1. The molecule has 0 N–H and O–H groups in total. The van der Waals surface area contributed by atoms with Gasteiger partial charge < -0.3 is 33.3 Å². The Hall–Kier alpha value is -4.31. The normalized spacial score (nSPS) is 13.8. The lowest BCUT2D eigenvalue weighted by atomic mass is 10.1. The van der Waals surface area contributed by atoms with E-state index >= 15 is 0 Å². The molecule has 0 aromatic heterocycles. The largest absolute Gasteiger partial charge is 0.545 e. The maximum atomic E-state index is 12.8. The molecule has 0 aromatic carbocycles. The summed E-state index contributed by atoms with van der Waals surface area (Å²) < 4.78 is 22.6. The van der Waals surface area contributed by atoms with Gasteiger partial charge in [-0.2, -0.15) is 0 Å². The summed E-state index contributed by atoms with van der Waals surface area (Å²) in [6.45, 7) is 4.52. The van der Waals surface area contributed by atoms with E-state index in [2.05, 4.69) is 129 Å². The highest BCUT2D eigenvalue weighted by molar-refractivity contribution is 5.70. The minimum atomic E-state index is -1.65. The van der Waals surface area contributed by atoms with Crippen molar-refractivity contribution in [3.05, 3.63) is 122 Å². The first kappa shape index (κ1) is 66.7. The molecule has 402 valence electrons. The summed E-state index contributed by atoms with van der Waals surface area (Å²) in [6.07, 6.45) is 69.6. The predicted molar refractivity (Wildman–Crippen MR) is 296 cm³/mol. The molecule has 0 saturated carbocycles. The Bertz CT molecular complexity index is 1570. The lowest BCUT2D eigenvalue weighted by molar-refractivity contribution is -0.870. The number of carbonyl (C=O) groups excluding carboxylic acids is 3. The van der Waals surface area contributed by atoms with Crippen molar-refractivity contribution in [3.8, 4) is 0 Å². The van der Waals surface area contributed by atoms with E-state index in [0.29, 0.717) is 23.9 Å². The van der Waals surface area contributed by atoms with Crippen molar-refractivity contribution >= 4 is 17.9 Å². The number of quaternary nitrogens is 1. The number of carbonyl (C=O) groups is 3. The second-order valence-electron chi connectivity index (χ2n) is 19.1. The van der Waals surface area contributed by atoms with E-state index in [0.717, 1.165) is 89.9 Å². The number of carboxylic acid groups (broad SMARTS) is 1. The van der Waals surface area contributed by atoms with E-state index < -0.39 is 24.3 Å². The van der Waals surface area contributed by atoms with Gasteiger partial charge in [-0.25, -0.2) is 0 Å². The fourth-order valence-electron chi connectivity index (χ4n) is 6.94. The molecule has 0 saturated heterocycles. The zero-order chi connectivity index (χ0) is 52.0. The third-order valence-electron chi connectivity index (χ3n) is 11.2. The molecule has 71 heavy (non-hydrogen) atoms. The Labute approximate surface area is 434 Å². The van der Waals surface area contributed by atoms with Gasteiger partial charge in [-0.05, 0) is 103 Å². The quantitative estimate of drug-likeness (QED) is 0.0195. The van der Waals surface area contributed by atoms with Crippen LogP contribution in [-0.4, -0.2) is 82.3 Å². The van der Waals surface area contributed by atoms with Gasteiger partial charge in [0, 0.05) is 12.8 Å². The molecular weight excluding hydrogens is 887 g/mol. The lowest BCUT2D eigenvalue weighted by Crippen LogP contribution is -2.44. The average Bonchev–Trinajstić information content (AvgIpc) is 3.34. The summed E-state index contributed by atoms with van der Waals surface area (Å²) in [7, 11) is 5.89. The summed E-state index contributed by atoms with van der Waals surface area (Å²) >= 11 is 0. The minimum absolute atomic E-state index is 0.128. The molecule has 2 unspecified atom stereocenters. The fraction of sp³-hybridized carbons (Fsp3) is 0.629. The van der Waals surface area contributed by atoms with Crippen LogP contribution in [0.4, 0.5) is 0 Å². The second-order valence-corrected chi connectivity index (χ2v) is 19.1. The molecule has 0 aliphatic carbocycles. The van der Waals surface area contributed by atoms with Crippen LogP contribution in [0.15, 0.2) is 122 Å². The van der Waals surface area contributed by atoms with Crippen LogP contribution in [0.2, 0.25) is 0 Å². The molecule has 0 radical (unpaired) electrons. The maximum absolute atomic E-state index is 12.8. The van der Waals surface area contributed by atoms with Crippen molar-refractivity contribution < 1.29 is 42.9 Å². The maximum Gasteiger partial charge on any atom is 0.306 e. The van der Waals surface area contributed by atoms with Crippen LogP contribution in [0.25, 0.3) is 0 Å². The molecule has 0 fully saturated rings. The van der Waals surface area contributed by atoms with E-state index in [1.54, 1.807) is 0 Å². The number of rotatable bonds is 49. The predicted octanol–water partition coefficient (Wildman–Crippen LogP) is 14.8. The Morgan fingerprint density at radius 1 is 0.437 bits per heavy atom. The monoisotopic (exact) mass is 988 g/mol. The molecule has 9 nitrogen and oxygen atoms in total. The van der Waals surface area contributed by atoms with Crippen LogP contribution >= 0.6 is 0 Å². The number of allylic oxidation sites excluding steroid dienone is 20. The van der Waals surface area contributed by atoms with Crippen LogP contribution in [-0.2, 0) is 33.3 Å². The SMILES string of the molecule is CC/C=C\C/C=C\C/C=C\C/C=C\C/C=C\C/C=C\C/C=C\CCCC(=O)OC(COC(=O)CCCCCCCCCC/C=C\C/C=C\C/C=C\CCCCCCC)COC(OCC[N+](C)(C)C)C(=O)[O-]. The van der Waals surface area contributed by atoms with E-state index in [1.165, 1.54) is 64.2 Å². The second kappa shape index (κ2) is 52.0. The molecule has 0 aromatic rings. The molecular formula is C62H101NO8. The summed E-state index contributed by atoms with van der Waals surface area (Å²) in [5.74, 6) is -2.39. The van der Waals surface area contributed by atoms with Gasteiger partial charge in [0.05, 0.1) is 40.3 Å². The van der Waals surface area contributed by atoms with Crippen molar-refractivity contribution in [2.24, 2.45) is 0 Å². The number of aliphatic carboxylic acids is 1. The lowest BCUT2D eigenvalue weighted by Gasteiger charge is -2.26. The summed E-state index contributed by atoms with van der Waals surface area (Å²) in [6, 6.07) is 0. The zero-order valence-corrected chi connectivity index (χ0v) is 45.5. The smallest absolute Gasteiger partial charge is 0.306 e. The first-order valence-corrected chi connectivity index (χ1v) is 27.7. The summed E-state index contributed by atoms with van der Waals surface area (Å²) in [4.78, 5) is 37.2. The highest BCUT2D eigenvalue weighted by atomic mass is 16.7. The number of unbranched alkanes of at least 4 members (excludes halogenated alkanes) is 14. The third kappa shape index (κ3) is 53.3. The van der Waals surface area contributed by atoms with Gasteiger partial charge in [-0.15, -0.1) is 0 Å². The molecule has 0 rings (SSSR count). The van der Waals surface area contributed by atoms with Gasteiger partial charge in [-0.3, -0.25) is 9.59 Å². The first-order valence-electron chi connectivity index (χ1n) is 27.7. The van der Waals surface area contributed by atoms with Gasteiger partial charge in [0.25, 0.3) is 0 Å². The molecule has 0 heterocycles. The topological polar surface area (TPSA) is 111 Å². The Kier molecular flexibility index (Phi) is 48.9. The van der Waals surface area contributed by atoms with E-state index in [4.69, 9.17) is 18.9 Å². The number of esters is 2. The van der Waals surface area contributed by atoms with E-state index in [-0.39, 0.29) is 38.6 Å². The molecule has 0 amide bonds. The number of ether oxygens (including phenoxy) is 4. The molecule has 9 heteroatoms. The van der Waals surface area contributed by atoms with Crippen molar-refractivity contribution in [3.63, 3.8) is 0 Å². The van der Waals surface area contributed by atoms with Crippen LogP contribution in [0.5, 0.6) is 0 Å². The van der Waals surface area contributed by atoms with Gasteiger partial charge >= 0.3 is 11.9 Å². The zero-order valence-electron chi connectivity index (χ0n) is 45.5. The third-order valence-corrected chi connectivity index (χ3v) is 11.2. The van der Waals surface area contributed by atoms with Gasteiger partial charge in [0.15, 0.2) is 12.4 Å². The van der Waals surface area contributed by atoms with Crippen molar-refractivity contribution in [2.75, 3.05) is 47.5 Å². The van der Waals surface area contributed by atoms with Crippen LogP contribution in [0.1, 0.15) is 194 Å². The van der Waals surface area contributed by atoms with Crippen LogP contribution in [0, 0.1) is 0 Å². The number of likely N-dealkylation sites (N-methyl/N-ethyl adjacent to an activating group) is 1. The molecule has 0 spiro atoms. The molecule has 0 aliphatic heterocycles. The number of hydrogen-bond donors (Lipinski definition) is 0. The minimum Gasteiger partial charge on any atom is -0.545 e. The highest BCUT2D eigenvalue weighted by Crippen LogP contribution is 2.13. The fourth-order valence-corrected chi connectivity index (χ4v) is 6.94. The van der Waals surface area contributed by atoms with E-state index in [1.807, 2.05) is 27.2 Å². The molecule has 0 aliphatic rings. The average molecular weight is 988 g/mol. The first-order chi connectivity index (χ1) is 34.6. The summed E-state index contributed by atoms with van der Waals surface area (Å²) in [5.41, 5.74) is 0. The Morgan fingerprint density at radius 3 is 1.24 bits per heavy atom. The molecule has 2 atom stereocenters. The standard InChI is InChI=1S/C62H101NO8/c1-6-8-10-12-14-16-18-20-22-24-26-28-30-32-34-36-38-40-42-44-46-48-50-52-59(64)69-56-58(57-70-62(61(66)67)68-55-54-63(3,4)5)71-60(65)53-51-49-47-45-43-41-39-37-35-33-31-29-27-25-23-21-19-17-15-13-11-9-7-2/h9,11,15,17-18,20-21,23-24,26-27,29-30,32-33,35,39,41,45,47,58,62H,6-8,10,12-14,16,19,22,25,28,31,34,36-38,40,42-44,46,48-57H2,1-5H3/b11-9-,17-15-,20-18-,23-21-,26-24-,29-27-,32-30-,35-33-,41-39-,47-45-. The highest BCUT2D eigenvalue weighted by Gasteiger charge is 2.21. The van der Waals surface area contributed by atoms with E-state index in [9.17, 15) is 19.5 Å².